The molecule has 0 amide bonds. The lowest BCUT2D eigenvalue weighted by atomic mass is 10.2. The monoisotopic (exact) mass is 540 g/mol. The number of H-pyrrole nitrogens is 1. The minimum Gasteiger partial charge on any atom is -0.378 e. The van der Waals surface area contributed by atoms with Crippen molar-refractivity contribution in [3.05, 3.63) is 65.3 Å². The van der Waals surface area contributed by atoms with E-state index in [0.717, 1.165) is 32.8 Å². The van der Waals surface area contributed by atoms with Crippen molar-refractivity contribution >= 4 is 48.5 Å². The minimum atomic E-state index is -3.50. The number of hydrogen-bond acceptors (Lipinski definition) is 6. The van der Waals surface area contributed by atoms with Gasteiger partial charge in [-0.25, -0.2) is 18.4 Å². The molecule has 0 bridgehead atoms. The molecule has 0 saturated carbocycles. The van der Waals surface area contributed by atoms with Crippen molar-refractivity contribution in [2.45, 2.75) is 4.90 Å². The van der Waals surface area contributed by atoms with E-state index in [4.69, 9.17) is 4.98 Å². The standard InChI is InChI=1S/C24H25BrN6O2S/c1-29(2)18-10-8-17(9-11-18)23-27-21-22(20(25)16-26-24(21)28-23)30-12-14-31(15-13-30)34(32,33)19-6-4-3-5-7-19/h3-11,16H,12-15H2,1-2H3,(H,26,27,28). The van der Waals surface area contributed by atoms with Crippen molar-refractivity contribution < 1.29 is 8.42 Å². The average Bonchev–Trinajstić information content (AvgIpc) is 3.29. The fourth-order valence-electron chi connectivity index (χ4n) is 4.18. The molecule has 1 aliphatic heterocycles. The zero-order valence-electron chi connectivity index (χ0n) is 18.9. The van der Waals surface area contributed by atoms with Gasteiger partial charge >= 0.3 is 0 Å². The van der Waals surface area contributed by atoms with Crippen molar-refractivity contribution in [2.75, 3.05) is 50.1 Å². The number of piperazine rings is 1. The number of halogens is 1. The van der Waals surface area contributed by atoms with Gasteiger partial charge in [-0.3, -0.25) is 0 Å². The van der Waals surface area contributed by atoms with Gasteiger partial charge in [-0.15, -0.1) is 0 Å². The number of sulfonamides is 1. The fourth-order valence-corrected chi connectivity index (χ4v) is 6.17. The zero-order valence-corrected chi connectivity index (χ0v) is 21.3. The van der Waals surface area contributed by atoms with Gasteiger partial charge in [0.1, 0.15) is 11.3 Å². The van der Waals surface area contributed by atoms with Gasteiger partial charge in [-0.05, 0) is 52.3 Å². The van der Waals surface area contributed by atoms with E-state index in [2.05, 4.69) is 47.8 Å². The first-order chi connectivity index (χ1) is 16.3. The Bertz CT molecular complexity index is 1410. The second-order valence-electron chi connectivity index (χ2n) is 8.38. The molecule has 176 valence electrons. The van der Waals surface area contributed by atoms with Gasteiger partial charge in [-0.2, -0.15) is 4.31 Å². The number of fused-ring (bicyclic) bond motifs is 1. The first kappa shape index (κ1) is 22.8. The molecule has 3 heterocycles. The second kappa shape index (κ2) is 9.01. The lowest BCUT2D eigenvalue weighted by Gasteiger charge is -2.35. The first-order valence-corrected chi connectivity index (χ1v) is 13.2. The van der Waals surface area contributed by atoms with Gasteiger partial charge in [0.15, 0.2) is 5.65 Å². The number of rotatable bonds is 5. The highest BCUT2D eigenvalue weighted by molar-refractivity contribution is 9.10. The van der Waals surface area contributed by atoms with Crippen LogP contribution < -0.4 is 9.80 Å². The van der Waals surface area contributed by atoms with Crippen LogP contribution in [0.3, 0.4) is 0 Å². The summed E-state index contributed by atoms with van der Waals surface area (Å²) in [5.41, 5.74) is 4.50. The maximum Gasteiger partial charge on any atom is 0.243 e. The van der Waals surface area contributed by atoms with Crippen LogP contribution in [0.25, 0.3) is 22.6 Å². The Morgan fingerprint density at radius 3 is 2.29 bits per heavy atom. The summed E-state index contributed by atoms with van der Waals surface area (Å²) in [5, 5.41) is 0. The third-order valence-electron chi connectivity index (χ3n) is 6.04. The fraction of sp³-hybridized carbons (Fsp3) is 0.250. The lowest BCUT2D eigenvalue weighted by Crippen LogP contribution is -2.48. The predicted molar refractivity (Wildman–Crippen MR) is 139 cm³/mol. The number of pyridine rings is 1. The number of anilines is 2. The summed E-state index contributed by atoms with van der Waals surface area (Å²) in [6.07, 6.45) is 1.75. The third-order valence-corrected chi connectivity index (χ3v) is 8.53. The molecule has 1 saturated heterocycles. The van der Waals surface area contributed by atoms with Crippen LogP contribution in [0.15, 0.2) is 70.2 Å². The molecule has 4 aromatic rings. The third kappa shape index (κ3) is 4.17. The normalized spacial score (nSPS) is 15.1. The number of hydrogen-bond donors (Lipinski definition) is 1. The predicted octanol–water partition coefficient (Wildman–Crippen LogP) is 3.96. The summed E-state index contributed by atoms with van der Waals surface area (Å²) < 4.78 is 28.4. The van der Waals surface area contributed by atoms with Crippen LogP contribution in [0.2, 0.25) is 0 Å². The Hall–Kier alpha value is -2.95. The summed E-state index contributed by atoms with van der Waals surface area (Å²) in [6, 6.07) is 16.8. The molecule has 1 fully saturated rings. The first-order valence-electron chi connectivity index (χ1n) is 11.0. The lowest BCUT2D eigenvalue weighted by molar-refractivity contribution is 0.385. The largest absolute Gasteiger partial charge is 0.378 e. The Morgan fingerprint density at radius 2 is 1.65 bits per heavy atom. The number of aromatic amines is 1. The molecule has 5 rings (SSSR count). The Kier molecular flexibility index (Phi) is 6.05. The highest BCUT2D eigenvalue weighted by atomic mass is 79.9. The van der Waals surface area contributed by atoms with E-state index >= 15 is 0 Å². The van der Waals surface area contributed by atoms with Gasteiger partial charge in [0.2, 0.25) is 10.0 Å². The molecule has 10 heteroatoms. The highest BCUT2D eigenvalue weighted by Crippen LogP contribution is 2.35. The van der Waals surface area contributed by atoms with E-state index in [1.54, 1.807) is 34.8 Å². The Morgan fingerprint density at radius 1 is 0.971 bits per heavy atom. The molecule has 2 aromatic carbocycles. The van der Waals surface area contributed by atoms with Crippen LogP contribution in [0.5, 0.6) is 0 Å². The van der Waals surface area contributed by atoms with Crippen LogP contribution >= 0.6 is 15.9 Å². The number of nitrogens with zero attached hydrogens (tertiary/aromatic N) is 5. The molecule has 0 unspecified atom stereocenters. The molecule has 2 aromatic heterocycles. The molecule has 1 N–H and O–H groups in total. The smallest absolute Gasteiger partial charge is 0.243 e. The second-order valence-corrected chi connectivity index (χ2v) is 11.2. The molecule has 0 aliphatic carbocycles. The quantitative estimate of drug-likeness (QED) is 0.412. The van der Waals surface area contributed by atoms with Gasteiger partial charge in [0.25, 0.3) is 0 Å². The van der Waals surface area contributed by atoms with Crippen molar-refractivity contribution in [1.29, 1.82) is 0 Å². The maximum atomic E-state index is 13.0. The van der Waals surface area contributed by atoms with Gasteiger partial charge < -0.3 is 14.8 Å². The molecule has 0 radical (unpaired) electrons. The minimum absolute atomic E-state index is 0.328. The number of imidazole rings is 1. The number of benzene rings is 2. The summed E-state index contributed by atoms with van der Waals surface area (Å²) in [5.74, 6) is 0.748. The summed E-state index contributed by atoms with van der Waals surface area (Å²) in [6.45, 7) is 1.94. The molecule has 8 nitrogen and oxygen atoms in total. The van der Waals surface area contributed by atoms with E-state index in [-0.39, 0.29) is 0 Å². The van der Waals surface area contributed by atoms with Crippen LogP contribution in [-0.2, 0) is 10.0 Å². The molecule has 1 aliphatic rings. The summed E-state index contributed by atoms with van der Waals surface area (Å²) in [7, 11) is 0.514. The Balaban J connectivity index is 1.41. The average molecular weight is 541 g/mol. The number of aromatic nitrogens is 3. The molecule has 0 atom stereocenters. The van der Waals surface area contributed by atoms with Gasteiger partial charge in [0, 0.05) is 57.7 Å². The topological polar surface area (TPSA) is 85.4 Å². The van der Waals surface area contributed by atoms with E-state index < -0.39 is 10.0 Å². The molecule has 34 heavy (non-hydrogen) atoms. The highest BCUT2D eigenvalue weighted by Gasteiger charge is 2.30. The van der Waals surface area contributed by atoms with E-state index in [9.17, 15) is 8.42 Å². The number of nitrogens with one attached hydrogen (secondary N) is 1. The van der Waals surface area contributed by atoms with Crippen LogP contribution in [0, 0.1) is 0 Å². The summed E-state index contributed by atoms with van der Waals surface area (Å²) >= 11 is 3.65. The van der Waals surface area contributed by atoms with Gasteiger partial charge in [0.05, 0.1) is 15.1 Å². The van der Waals surface area contributed by atoms with Crippen molar-refractivity contribution in [3.63, 3.8) is 0 Å². The maximum absolute atomic E-state index is 13.0. The van der Waals surface area contributed by atoms with Crippen molar-refractivity contribution in [1.82, 2.24) is 19.3 Å². The van der Waals surface area contributed by atoms with Crippen molar-refractivity contribution in [2.24, 2.45) is 0 Å². The Labute approximate surface area is 207 Å². The van der Waals surface area contributed by atoms with E-state index in [1.165, 1.54) is 0 Å². The van der Waals surface area contributed by atoms with E-state index in [1.807, 2.05) is 32.3 Å². The van der Waals surface area contributed by atoms with Crippen LogP contribution in [-0.4, -0.2) is 67.9 Å². The molecular formula is C24H25BrN6O2S. The van der Waals surface area contributed by atoms with E-state index in [0.29, 0.717) is 36.7 Å². The molecular weight excluding hydrogens is 516 g/mol. The van der Waals surface area contributed by atoms with Crippen molar-refractivity contribution in [3.8, 4) is 11.4 Å². The van der Waals surface area contributed by atoms with Gasteiger partial charge in [-0.1, -0.05) is 18.2 Å². The van der Waals surface area contributed by atoms with Crippen LogP contribution in [0.1, 0.15) is 0 Å². The van der Waals surface area contributed by atoms with Crippen LogP contribution in [0.4, 0.5) is 11.4 Å². The molecule has 0 spiro atoms. The summed E-state index contributed by atoms with van der Waals surface area (Å²) in [4.78, 5) is 17.2. The SMILES string of the molecule is CN(C)c1ccc(-c2nc3ncc(Br)c(N4CCN(S(=O)(=O)c5ccccc5)CC4)c3[nH]2)cc1. The zero-order chi connectivity index (χ0) is 23.9.